The molecule has 0 radical (unpaired) electrons. The van der Waals surface area contributed by atoms with Crippen LogP contribution in [0.4, 0.5) is 5.82 Å². The number of nitriles is 1. The van der Waals surface area contributed by atoms with Crippen molar-refractivity contribution in [3.63, 3.8) is 0 Å². The van der Waals surface area contributed by atoms with Gasteiger partial charge >= 0.3 is 0 Å². The van der Waals surface area contributed by atoms with Crippen LogP contribution in [0.3, 0.4) is 0 Å². The lowest BCUT2D eigenvalue weighted by Crippen LogP contribution is -2.12. The zero-order chi connectivity index (χ0) is 17.1. The third kappa shape index (κ3) is 3.08. The monoisotopic (exact) mass is 325 g/mol. The summed E-state index contributed by atoms with van der Waals surface area (Å²) >= 11 is 0. The smallest absolute Gasteiger partial charge is 0.134 e. The van der Waals surface area contributed by atoms with Gasteiger partial charge in [-0.05, 0) is 29.8 Å². The van der Waals surface area contributed by atoms with Gasteiger partial charge in [-0.3, -0.25) is 0 Å². The van der Waals surface area contributed by atoms with E-state index in [4.69, 9.17) is 9.68 Å². The van der Waals surface area contributed by atoms with Gasteiger partial charge in [0, 0.05) is 11.6 Å². The van der Waals surface area contributed by atoms with Crippen LogP contribution in [-0.4, -0.2) is 4.98 Å². The SMILES string of the molecule is N#Cc1ccc(NC(c2ccccc2)c2cc3ccccc3o2)nc1. The third-order valence-electron chi connectivity index (χ3n) is 4.05. The lowest BCUT2D eigenvalue weighted by molar-refractivity contribution is 0.536. The summed E-state index contributed by atoms with van der Waals surface area (Å²) < 4.78 is 6.06. The largest absolute Gasteiger partial charge is 0.459 e. The van der Waals surface area contributed by atoms with Gasteiger partial charge in [-0.2, -0.15) is 5.26 Å². The molecule has 0 aliphatic rings. The number of fused-ring (bicyclic) bond motifs is 1. The van der Waals surface area contributed by atoms with Gasteiger partial charge in [-0.1, -0.05) is 48.5 Å². The highest BCUT2D eigenvalue weighted by Crippen LogP contribution is 2.30. The molecule has 2 aromatic heterocycles. The molecule has 4 nitrogen and oxygen atoms in total. The number of para-hydroxylation sites is 1. The number of nitrogens with one attached hydrogen (secondary N) is 1. The summed E-state index contributed by atoms with van der Waals surface area (Å²) in [6.45, 7) is 0. The Morgan fingerprint density at radius 3 is 2.48 bits per heavy atom. The lowest BCUT2D eigenvalue weighted by atomic mass is 10.0. The fourth-order valence-corrected chi connectivity index (χ4v) is 2.80. The second-order valence-electron chi connectivity index (χ2n) is 5.72. The summed E-state index contributed by atoms with van der Waals surface area (Å²) in [4.78, 5) is 4.32. The molecule has 2 heterocycles. The molecule has 120 valence electrons. The van der Waals surface area contributed by atoms with Crippen LogP contribution in [0.15, 0.2) is 83.4 Å². The molecule has 0 fully saturated rings. The highest BCUT2D eigenvalue weighted by atomic mass is 16.3. The number of rotatable bonds is 4. The Morgan fingerprint density at radius 1 is 0.960 bits per heavy atom. The number of nitrogens with zero attached hydrogens (tertiary/aromatic N) is 2. The molecule has 0 spiro atoms. The topological polar surface area (TPSA) is 61.9 Å². The average molecular weight is 325 g/mol. The standard InChI is InChI=1S/C21H15N3O/c22-13-15-10-11-20(23-14-15)24-21(16-6-2-1-3-7-16)19-12-17-8-4-5-9-18(17)25-19/h1-12,14,21H,(H,23,24). The van der Waals surface area contributed by atoms with E-state index in [1.807, 2.05) is 48.5 Å². The molecule has 0 bridgehead atoms. The molecule has 1 unspecified atom stereocenters. The van der Waals surface area contributed by atoms with E-state index in [0.717, 1.165) is 22.3 Å². The van der Waals surface area contributed by atoms with Gasteiger partial charge in [-0.25, -0.2) is 4.98 Å². The van der Waals surface area contributed by atoms with Crippen molar-refractivity contribution in [2.45, 2.75) is 6.04 Å². The molecule has 0 aliphatic heterocycles. The van der Waals surface area contributed by atoms with Gasteiger partial charge in [0.05, 0.1) is 5.56 Å². The van der Waals surface area contributed by atoms with Crippen molar-refractivity contribution in [3.8, 4) is 6.07 Å². The number of aromatic nitrogens is 1. The van der Waals surface area contributed by atoms with Crippen LogP contribution in [0.2, 0.25) is 0 Å². The maximum absolute atomic E-state index is 8.92. The minimum atomic E-state index is -0.172. The summed E-state index contributed by atoms with van der Waals surface area (Å²) in [5.74, 6) is 1.51. The maximum Gasteiger partial charge on any atom is 0.134 e. The van der Waals surface area contributed by atoms with Gasteiger partial charge in [-0.15, -0.1) is 0 Å². The number of benzene rings is 2. The molecule has 0 amide bonds. The Hall–Kier alpha value is -3.58. The lowest BCUT2D eigenvalue weighted by Gasteiger charge is -2.17. The van der Waals surface area contributed by atoms with Crippen molar-refractivity contribution in [2.75, 3.05) is 5.32 Å². The van der Waals surface area contributed by atoms with Gasteiger partial charge in [0.2, 0.25) is 0 Å². The number of pyridine rings is 1. The van der Waals surface area contributed by atoms with E-state index in [-0.39, 0.29) is 6.04 Å². The van der Waals surface area contributed by atoms with Crippen LogP contribution in [0, 0.1) is 11.3 Å². The van der Waals surface area contributed by atoms with Crippen molar-refractivity contribution >= 4 is 16.8 Å². The van der Waals surface area contributed by atoms with Gasteiger partial charge in [0.25, 0.3) is 0 Å². The first-order valence-corrected chi connectivity index (χ1v) is 7.99. The average Bonchev–Trinajstić information content (AvgIpc) is 3.11. The van der Waals surface area contributed by atoms with E-state index in [9.17, 15) is 0 Å². The Balaban J connectivity index is 1.74. The van der Waals surface area contributed by atoms with E-state index in [1.165, 1.54) is 0 Å². The van der Waals surface area contributed by atoms with Crippen molar-refractivity contribution in [2.24, 2.45) is 0 Å². The first-order chi connectivity index (χ1) is 12.3. The fourth-order valence-electron chi connectivity index (χ4n) is 2.80. The molecule has 1 atom stereocenters. The minimum Gasteiger partial charge on any atom is -0.459 e. The second-order valence-corrected chi connectivity index (χ2v) is 5.72. The van der Waals surface area contributed by atoms with E-state index in [1.54, 1.807) is 18.3 Å². The van der Waals surface area contributed by atoms with Crippen molar-refractivity contribution < 1.29 is 4.42 Å². The van der Waals surface area contributed by atoms with E-state index >= 15 is 0 Å². The summed E-state index contributed by atoms with van der Waals surface area (Å²) in [5.41, 5.74) is 2.46. The maximum atomic E-state index is 8.92. The first-order valence-electron chi connectivity index (χ1n) is 7.99. The normalized spacial score (nSPS) is 11.8. The van der Waals surface area contributed by atoms with Crippen LogP contribution in [0.5, 0.6) is 0 Å². The Bertz CT molecular complexity index is 997. The van der Waals surface area contributed by atoms with Crippen molar-refractivity contribution in [1.82, 2.24) is 4.98 Å². The highest BCUT2D eigenvalue weighted by Gasteiger charge is 2.19. The number of anilines is 1. The molecule has 4 rings (SSSR count). The zero-order valence-electron chi connectivity index (χ0n) is 13.4. The van der Waals surface area contributed by atoms with Crippen molar-refractivity contribution in [1.29, 1.82) is 5.26 Å². The molecule has 25 heavy (non-hydrogen) atoms. The molecule has 2 aromatic carbocycles. The van der Waals surface area contributed by atoms with Crippen molar-refractivity contribution in [3.05, 3.63) is 95.9 Å². The van der Waals surface area contributed by atoms with E-state index in [0.29, 0.717) is 11.4 Å². The van der Waals surface area contributed by atoms with Gasteiger partial charge < -0.3 is 9.73 Å². The van der Waals surface area contributed by atoms with Gasteiger partial charge in [0.15, 0.2) is 0 Å². The number of hydrogen-bond donors (Lipinski definition) is 1. The summed E-state index contributed by atoms with van der Waals surface area (Å²) in [5, 5.41) is 13.4. The van der Waals surface area contributed by atoms with Crippen LogP contribution in [0.1, 0.15) is 22.9 Å². The molecular weight excluding hydrogens is 310 g/mol. The summed E-state index contributed by atoms with van der Waals surface area (Å²) in [7, 11) is 0. The number of furan rings is 1. The first kappa shape index (κ1) is 15.0. The second kappa shape index (κ2) is 6.50. The third-order valence-corrected chi connectivity index (χ3v) is 4.05. The quantitative estimate of drug-likeness (QED) is 0.579. The number of hydrogen-bond acceptors (Lipinski definition) is 4. The van der Waals surface area contributed by atoms with Crippen LogP contribution >= 0.6 is 0 Å². The molecule has 0 saturated heterocycles. The summed E-state index contributed by atoms with van der Waals surface area (Å²) in [6, 6.07) is 25.5. The highest BCUT2D eigenvalue weighted by molar-refractivity contribution is 5.78. The minimum absolute atomic E-state index is 0.172. The van der Waals surface area contributed by atoms with Gasteiger partial charge in [0.1, 0.15) is 29.3 Å². The molecule has 0 saturated carbocycles. The van der Waals surface area contributed by atoms with Crippen LogP contribution < -0.4 is 5.32 Å². The Labute approximate surface area is 145 Å². The predicted octanol–water partition coefficient (Wildman–Crippen LogP) is 4.90. The Morgan fingerprint density at radius 2 is 1.76 bits per heavy atom. The van der Waals surface area contributed by atoms with E-state index < -0.39 is 0 Å². The van der Waals surface area contributed by atoms with Crippen LogP contribution in [-0.2, 0) is 0 Å². The Kier molecular flexibility index (Phi) is 3.89. The molecule has 1 N–H and O–H groups in total. The fraction of sp³-hybridized carbons (Fsp3) is 0.0476. The van der Waals surface area contributed by atoms with Crippen LogP contribution in [0.25, 0.3) is 11.0 Å². The molecule has 0 aliphatic carbocycles. The molecule has 4 heteroatoms. The van der Waals surface area contributed by atoms with E-state index in [2.05, 4.69) is 28.5 Å². The molecule has 4 aromatic rings. The zero-order valence-corrected chi connectivity index (χ0v) is 13.4. The summed E-state index contributed by atoms with van der Waals surface area (Å²) in [6.07, 6.45) is 1.56. The molecular formula is C21H15N3O. The predicted molar refractivity (Wildman–Crippen MR) is 97.1 cm³/mol.